The van der Waals surface area contributed by atoms with Gasteiger partial charge in [0.05, 0.1) is 12.5 Å². The topological polar surface area (TPSA) is 58.9 Å². The van der Waals surface area contributed by atoms with E-state index in [-0.39, 0.29) is 5.91 Å². The molecule has 106 valence electrons. The van der Waals surface area contributed by atoms with E-state index < -0.39 is 0 Å². The number of amides is 1. The molecule has 0 radical (unpaired) electrons. The van der Waals surface area contributed by atoms with Crippen molar-refractivity contribution in [1.82, 2.24) is 14.9 Å². The fourth-order valence-electron chi connectivity index (χ4n) is 2.05. The van der Waals surface area contributed by atoms with Crippen LogP contribution in [0.5, 0.6) is 0 Å². The van der Waals surface area contributed by atoms with E-state index in [0.717, 1.165) is 12.2 Å². The molecule has 1 unspecified atom stereocenters. The van der Waals surface area contributed by atoms with Crippen molar-refractivity contribution >= 4 is 11.6 Å². The Hall–Kier alpha value is -2.14. The van der Waals surface area contributed by atoms with Crippen molar-refractivity contribution in [1.29, 1.82) is 0 Å². The van der Waals surface area contributed by atoms with Crippen LogP contribution in [0.1, 0.15) is 35.9 Å². The van der Waals surface area contributed by atoms with E-state index in [1.54, 1.807) is 24.1 Å². The van der Waals surface area contributed by atoms with Crippen molar-refractivity contribution in [3.05, 3.63) is 48.0 Å². The lowest BCUT2D eigenvalue weighted by molar-refractivity contribution is 0.101. The highest BCUT2D eigenvalue weighted by molar-refractivity contribution is 6.02. The van der Waals surface area contributed by atoms with Gasteiger partial charge < -0.3 is 15.2 Å². The third-order valence-electron chi connectivity index (χ3n) is 3.23. The Bertz CT molecular complexity index is 574. The van der Waals surface area contributed by atoms with Gasteiger partial charge in [0.15, 0.2) is 0 Å². The summed E-state index contributed by atoms with van der Waals surface area (Å²) in [5, 5.41) is 6.22. The summed E-state index contributed by atoms with van der Waals surface area (Å²) in [6.45, 7) is 5.13. The van der Waals surface area contributed by atoms with Gasteiger partial charge in [0.2, 0.25) is 0 Å². The Labute approximate surface area is 119 Å². The molecule has 20 heavy (non-hydrogen) atoms. The van der Waals surface area contributed by atoms with Gasteiger partial charge in [0, 0.05) is 18.8 Å². The summed E-state index contributed by atoms with van der Waals surface area (Å²) in [7, 11) is 1.79. The van der Waals surface area contributed by atoms with E-state index in [1.807, 2.05) is 24.3 Å². The fourth-order valence-corrected chi connectivity index (χ4v) is 2.05. The summed E-state index contributed by atoms with van der Waals surface area (Å²) in [6.07, 6.45) is 3.16. The zero-order valence-electron chi connectivity index (χ0n) is 12.1. The number of aromatic nitrogens is 2. The molecule has 0 saturated carbocycles. The summed E-state index contributed by atoms with van der Waals surface area (Å²) in [5.74, 6) is -0.155. The number of anilines is 1. The van der Waals surface area contributed by atoms with E-state index in [2.05, 4.69) is 29.5 Å². The number of nitrogens with one attached hydrogen (secondary N) is 2. The molecule has 2 aromatic rings. The summed E-state index contributed by atoms with van der Waals surface area (Å²) < 4.78 is 1.69. The molecular weight excluding hydrogens is 252 g/mol. The molecule has 1 amide bonds. The van der Waals surface area contributed by atoms with Crippen molar-refractivity contribution in [2.24, 2.45) is 7.05 Å². The molecule has 2 N–H and O–H groups in total. The molecule has 1 aromatic carbocycles. The zero-order valence-corrected chi connectivity index (χ0v) is 12.1. The fraction of sp³-hybridized carbons (Fsp3) is 0.333. The zero-order chi connectivity index (χ0) is 14.5. The maximum absolute atomic E-state index is 12.0. The first-order valence-electron chi connectivity index (χ1n) is 6.72. The monoisotopic (exact) mass is 272 g/mol. The van der Waals surface area contributed by atoms with E-state index in [9.17, 15) is 4.79 Å². The maximum Gasteiger partial charge on any atom is 0.273 e. The lowest BCUT2D eigenvalue weighted by Crippen LogP contribution is -2.18. The highest BCUT2D eigenvalue weighted by Gasteiger charge is 2.10. The van der Waals surface area contributed by atoms with Gasteiger partial charge in [0.1, 0.15) is 5.69 Å². The van der Waals surface area contributed by atoms with Crippen molar-refractivity contribution in [2.45, 2.75) is 19.9 Å². The predicted octanol–water partition coefficient (Wildman–Crippen LogP) is 2.34. The molecule has 0 aliphatic heterocycles. The third kappa shape index (κ3) is 3.24. The van der Waals surface area contributed by atoms with Crippen LogP contribution in [0.25, 0.3) is 0 Å². The van der Waals surface area contributed by atoms with Gasteiger partial charge in [-0.05, 0) is 31.2 Å². The average molecular weight is 272 g/mol. The minimum absolute atomic E-state index is 0.155. The average Bonchev–Trinajstić information content (AvgIpc) is 2.86. The highest BCUT2D eigenvalue weighted by atomic mass is 16.1. The summed E-state index contributed by atoms with van der Waals surface area (Å²) in [4.78, 5) is 16.0. The van der Waals surface area contributed by atoms with E-state index in [1.165, 1.54) is 5.56 Å². The summed E-state index contributed by atoms with van der Waals surface area (Å²) in [6, 6.07) is 8.18. The van der Waals surface area contributed by atoms with Crippen LogP contribution in [0.4, 0.5) is 5.69 Å². The maximum atomic E-state index is 12.0. The minimum Gasteiger partial charge on any atom is -0.330 e. The van der Waals surface area contributed by atoms with Gasteiger partial charge in [-0.1, -0.05) is 19.1 Å². The first-order valence-corrected chi connectivity index (χ1v) is 6.72. The predicted molar refractivity (Wildman–Crippen MR) is 79.7 cm³/mol. The van der Waals surface area contributed by atoms with Gasteiger partial charge in [-0.2, -0.15) is 0 Å². The van der Waals surface area contributed by atoms with Crippen molar-refractivity contribution in [3.8, 4) is 0 Å². The van der Waals surface area contributed by atoms with Crippen LogP contribution in [-0.4, -0.2) is 22.0 Å². The lowest BCUT2D eigenvalue weighted by atomic mass is 10.1. The van der Waals surface area contributed by atoms with Crippen LogP contribution < -0.4 is 10.6 Å². The molecule has 1 heterocycles. The van der Waals surface area contributed by atoms with Crippen LogP contribution in [0.15, 0.2) is 36.8 Å². The standard InChI is InChI=1S/C15H20N4O/c1-4-17-11(2)12-5-7-13(8-6-12)18-15(20)14-9-16-10-19(14)3/h5-11,17H,4H2,1-3H3,(H,18,20). The number of imidazole rings is 1. The molecule has 0 saturated heterocycles. The van der Waals surface area contributed by atoms with Gasteiger partial charge in [-0.25, -0.2) is 4.98 Å². The first kappa shape index (κ1) is 14.3. The molecule has 1 aromatic heterocycles. The van der Waals surface area contributed by atoms with Gasteiger partial charge in [0.25, 0.3) is 5.91 Å². The Morgan fingerprint density at radius 2 is 2.05 bits per heavy atom. The number of carbonyl (C=O) groups is 1. The molecule has 0 fully saturated rings. The molecule has 0 aliphatic carbocycles. The highest BCUT2D eigenvalue weighted by Crippen LogP contribution is 2.16. The van der Waals surface area contributed by atoms with Crippen LogP contribution >= 0.6 is 0 Å². The van der Waals surface area contributed by atoms with Crippen LogP contribution in [0.3, 0.4) is 0 Å². The van der Waals surface area contributed by atoms with Crippen LogP contribution in [0.2, 0.25) is 0 Å². The Balaban J connectivity index is 2.04. The molecule has 1 atom stereocenters. The Kier molecular flexibility index (Phi) is 4.53. The normalized spacial score (nSPS) is 12.2. The molecule has 0 aliphatic rings. The minimum atomic E-state index is -0.155. The second kappa shape index (κ2) is 6.34. The number of hydrogen-bond acceptors (Lipinski definition) is 3. The van der Waals surface area contributed by atoms with Crippen molar-refractivity contribution in [3.63, 3.8) is 0 Å². The Morgan fingerprint density at radius 3 is 2.60 bits per heavy atom. The Morgan fingerprint density at radius 1 is 1.35 bits per heavy atom. The number of carbonyl (C=O) groups excluding carboxylic acids is 1. The molecule has 0 bridgehead atoms. The molecule has 5 nitrogen and oxygen atoms in total. The van der Waals surface area contributed by atoms with Crippen LogP contribution in [0, 0.1) is 0 Å². The summed E-state index contributed by atoms with van der Waals surface area (Å²) in [5.41, 5.74) is 2.52. The largest absolute Gasteiger partial charge is 0.330 e. The van der Waals surface area contributed by atoms with Crippen LogP contribution in [-0.2, 0) is 7.05 Å². The molecule has 0 spiro atoms. The second-order valence-electron chi connectivity index (χ2n) is 4.75. The van der Waals surface area contributed by atoms with E-state index in [4.69, 9.17) is 0 Å². The smallest absolute Gasteiger partial charge is 0.273 e. The lowest BCUT2D eigenvalue weighted by Gasteiger charge is -2.13. The van der Waals surface area contributed by atoms with Gasteiger partial charge in [-0.15, -0.1) is 0 Å². The van der Waals surface area contributed by atoms with Crippen molar-refractivity contribution in [2.75, 3.05) is 11.9 Å². The molecular formula is C15H20N4O. The molecule has 2 rings (SSSR count). The number of aryl methyl sites for hydroxylation is 1. The third-order valence-corrected chi connectivity index (χ3v) is 3.23. The van der Waals surface area contributed by atoms with E-state index in [0.29, 0.717) is 11.7 Å². The number of rotatable bonds is 5. The second-order valence-corrected chi connectivity index (χ2v) is 4.75. The van der Waals surface area contributed by atoms with Crippen molar-refractivity contribution < 1.29 is 4.79 Å². The number of hydrogen-bond donors (Lipinski definition) is 2. The number of benzene rings is 1. The van der Waals surface area contributed by atoms with E-state index >= 15 is 0 Å². The number of nitrogens with zero attached hydrogens (tertiary/aromatic N) is 2. The first-order chi connectivity index (χ1) is 9.61. The summed E-state index contributed by atoms with van der Waals surface area (Å²) >= 11 is 0. The van der Waals surface area contributed by atoms with Gasteiger partial charge >= 0.3 is 0 Å². The molecule has 5 heteroatoms. The quantitative estimate of drug-likeness (QED) is 0.878. The van der Waals surface area contributed by atoms with Gasteiger partial charge in [-0.3, -0.25) is 4.79 Å². The SMILES string of the molecule is CCNC(C)c1ccc(NC(=O)c2cncn2C)cc1.